The smallest absolute Gasteiger partial charge is 0.327 e. The van der Waals surface area contributed by atoms with Gasteiger partial charge < -0.3 is 15.0 Å². The molecule has 3 N–H and O–H groups in total. The van der Waals surface area contributed by atoms with Crippen molar-refractivity contribution >= 4 is 17.2 Å². The van der Waals surface area contributed by atoms with E-state index in [4.69, 9.17) is 10.00 Å². The lowest BCUT2D eigenvalue weighted by molar-refractivity contribution is 0.122. The molecule has 23 heavy (non-hydrogen) atoms. The fraction of sp³-hybridized carbons (Fsp3) is 0.267. The summed E-state index contributed by atoms with van der Waals surface area (Å²) < 4.78 is 5.32. The van der Waals surface area contributed by atoms with E-state index in [0.717, 1.165) is 18.8 Å². The molecule has 1 aliphatic rings. The molecule has 0 saturated carbocycles. The molecular weight excluding hydrogens is 298 g/mol. The molecule has 3 rings (SSSR count). The fourth-order valence-corrected chi connectivity index (χ4v) is 2.41. The third-order valence-electron chi connectivity index (χ3n) is 3.57. The van der Waals surface area contributed by atoms with Gasteiger partial charge >= 0.3 is 5.69 Å². The highest BCUT2D eigenvalue weighted by Crippen LogP contribution is 2.21. The second kappa shape index (κ2) is 6.37. The zero-order valence-corrected chi connectivity index (χ0v) is 12.3. The molecule has 0 radical (unpaired) electrons. The number of morpholine rings is 1. The standard InChI is InChI=1S/C15H15N5O3/c16-9-12-13(18-15(22)19-14(12)21)17-10-1-3-11(4-2-10)20-5-7-23-8-6-20/h1-4H,5-8H2,(H3,17,18,19,21,22). The molecule has 2 heterocycles. The van der Waals surface area contributed by atoms with E-state index in [9.17, 15) is 9.59 Å². The van der Waals surface area contributed by atoms with Crippen molar-refractivity contribution in [3.8, 4) is 6.07 Å². The Labute approximate surface area is 131 Å². The lowest BCUT2D eigenvalue weighted by Crippen LogP contribution is -2.36. The van der Waals surface area contributed by atoms with Crippen LogP contribution in [0.3, 0.4) is 0 Å². The second-order valence-corrected chi connectivity index (χ2v) is 5.04. The van der Waals surface area contributed by atoms with Crippen LogP contribution in [0, 0.1) is 11.3 Å². The Bertz CT molecular complexity index is 841. The summed E-state index contributed by atoms with van der Waals surface area (Å²) in [5.74, 6) is 0.0837. The van der Waals surface area contributed by atoms with Gasteiger partial charge in [-0.3, -0.25) is 14.8 Å². The molecule has 118 valence electrons. The zero-order valence-electron chi connectivity index (χ0n) is 12.3. The second-order valence-electron chi connectivity index (χ2n) is 5.04. The molecule has 0 aliphatic carbocycles. The summed E-state index contributed by atoms with van der Waals surface area (Å²) in [4.78, 5) is 29.6. The highest BCUT2D eigenvalue weighted by Gasteiger charge is 2.12. The third-order valence-corrected chi connectivity index (χ3v) is 3.57. The van der Waals surface area contributed by atoms with Crippen LogP contribution in [-0.4, -0.2) is 36.3 Å². The number of anilines is 3. The highest BCUT2D eigenvalue weighted by atomic mass is 16.5. The molecule has 1 fully saturated rings. The first-order valence-electron chi connectivity index (χ1n) is 7.14. The van der Waals surface area contributed by atoms with Crippen molar-refractivity contribution in [2.75, 3.05) is 36.5 Å². The molecule has 0 amide bonds. The Morgan fingerprint density at radius 2 is 1.83 bits per heavy atom. The minimum absolute atomic E-state index is 0.0837. The number of aromatic amines is 2. The maximum atomic E-state index is 11.6. The molecule has 0 spiro atoms. The van der Waals surface area contributed by atoms with Gasteiger partial charge in [0.15, 0.2) is 5.56 Å². The summed E-state index contributed by atoms with van der Waals surface area (Å²) in [6.45, 7) is 3.10. The summed E-state index contributed by atoms with van der Waals surface area (Å²) in [7, 11) is 0. The molecule has 1 aromatic carbocycles. The average Bonchev–Trinajstić information content (AvgIpc) is 2.56. The SMILES string of the molecule is N#Cc1c(Nc2ccc(N3CCOCC3)cc2)[nH]c(=O)[nH]c1=O. The molecule has 8 heteroatoms. The van der Waals surface area contributed by atoms with Gasteiger partial charge in [0, 0.05) is 24.5 Å². The molecule has 2 aromatic rings. The number of H-pyrrole nitrogens is 2. The first-order chi connectivity index (χ1) is 11.2. The summed E-state index contributed by atoms with van der Waals surface area (Å²) in [5, 5.41) is 11.9. The Morgan fingerprint density at radius 3 is 2.48 bits per heavy atom. The van der Waals surface area contributed by atoms with Gasteiger partial charge in [0.2, 0.25) is 0 Å². The van der Waals surface area contributed by atoms with Crippen molar-refractivity contribution in [1.82, 2.24) is 9.97 Å². The van der Waals surface area contributed by atoms with Gasteiger partial charge in [-0.1, -0.05) is 0 Å². The Hall–Kier alpha value is -3.05. The number of nitriles is 1. The number of hydrogen-bond donors (Lipinski definition) is 3. The van der Waals surface area contributed by atoms with Crippen LogP contribution < -0.4 is 21.5 Å². The Kier molecular flexibility index (Phi) is 4.12. The van der Waals surface area contributed by atoms with Gasteiger partial charge in [-0.2, -0.15) is 5.26 Å². The van der Waals surface area contributed by atoms with Gasteiger partial charge in [-0.25, -0.2) is 4.79 Å². The van der Waals surface area contributed by atoms with Crippen molar-refractivity contribution < 1.29 is 4.74 Å². The van der Waals surface area contributed by atoms with Crippen molar-refractivity contribution in [3.05, 3.63) is 50.7 Å². The minimum atomic E-state index is -0.719. The van der Waals surface area contributed by atoms with Crippen molar-refractivity contribution in [3.63, 3.8) is 0 Å². The fourth-order valence-electron chi connectivity index (χ4n) is 2.41. The van der Waals surface area contributed by atoms with Crippen LogP contribution in [0.25, 0.3) is 0 Å². The molecule has 0 unspecified atom stereocenters. The van der Waals surface area contributed by atoms with Crippen LogP contribution in [0.5, 0.6) is 0 Å². The molecule has 8 nitrogen and oxygen atoms in total. The highest BCUT2D eigenvalue weighted by molar-refractivity contribution is 5.64. The van der Waals surface area contributed by atoms with E-state index in [0.29, 0.717) is 18.9 Å². The van der Waals surface area contributed by atoms with Crippen molar-refractivity contribution in [1.29, 1.82) is 5.26 Å². The zero-order chi connectivity index (χ0) is 16.2. The molecule has 1 saturated heterocycles. The normalized spacial score (nSPS) is 14.3. The third kappa shape index (κ3) is 3.25. The van der Waals surface area contributed by atoms with E-state index in [1.807, 2.05) is 29.2 Å². The van der Waals surface area contributed by atoms with Gasteiger partial charge in [0.25, 0.3) is 5.56 Å². The summed E-state index contributed by atoms with van der Waals surface area (Å²) in [5.41, 5.74) is 0.186. The number of hydrogen-bond acceptors (Lipinski definition) is 6. The topological polar surface area (TPSA) is 114 Å². The van der Waals surface area contributed by atoms with Crippen LogP contribution in [-0.2, 0) is 4.74 Å². The van der Waals surface area contributed by atoms with Gasteiger partial charge in [0.1, 0.15) is 11.9 Å². The molecular formula is C15H15N5O3. The van der Waals surface area contributed by atoms with Crippen molar-refractivity contribution in [2.24, 2.45) is 0 Å². The molecule has 1 aliphatic heterocycles. The van der Waals surface area contributed by atoms with Gasteiger partial charge in [-0.05, 0) is 24.3 Å². The summed E-state index contributed by atoms with van der Waals surface area (Å²) >= 11 is 0. The predicted octanol–water partition coefficient (Wildman–Crippen LogP) is 0.515. The summed E-state index contributed by atoms with van der Waals surface area (Å²) in [6, 6.07) is 9.30. The minimum Gasteiger partial charge on any atom is -0.378 e. The van der Waals surface area contributed by atoms with E-state index in [-0.39, 0.29) is 11.4 Å². The van der Waals surface area contributed by atoms with E-state index in [2.05, 4.69) is 15.2 Å². The first kappa shape index (κ1) is 14.9. The van der Waals surface area contributed by atoms with Gasteiger partial charge in [0.05, 0.1) is 13.2 Å². The number of benzene rings is 1. The Balaban J connectivity index is 1.83. The maximum absolute atomic E-state index is 11.6. The lowest BCUT2D eigenvalue weighted by Gasteiger charge is -2.28. The Morgan fingerprint density at radius 1 is 1.13 bits per heavy atom. The van der Waals surface area contributed by atoms with Gasteiger partial charge in [-0.15, -0.1) is 0 Å². The lowest BCUT2D eigenvalue weighted by atomic mass is 10.2. The average molecular weight is 313 g/mol. The number of nitrogens with zero attached hydrogens (tertiary/aromatic N) is 2. The largest absolute Gasteiger partial charge is 0.378 e. The first-order valence-corrected chi connectivity index (χ1v) is 7.14. The van der Waals surface area contributed by atoms with E-state index in [1.54, 1.807) is 6.07 Å². The van der Waals surface area contributed by atoms with Crippen LogP contribution in [0.1, 0.15) is 5.56 Å². The van der Waals surface area contributed by atoms with Crippen molar-refractivity contribution in [2.45, 2.75) is 0 Å². The van der Waals surface area contributed by atoms with Crippen LogP contribution in [0.2, 0.25) is 0 Å². The summed E-state index contributed by atoms with van der Waals surface area (Å²) in [6.07, 6.45) is 0. The molecule has 0 atom stereocenters. The van der Waals surface area contributed by atoms with E-state index in [1.165, 1.54) is 0 Å². The van der Waals surface area contributed by atoms with E-state index < -0.39 is 11.2 Å². The van der Waals surface area contributed by atoms with Crippen LogP contribution in [0.4, 0.5) is 17.2 Å². The van der Waals surface area contributed by atoms with E-state index >= 15 is 0 Å². The van der Waals surface area contributed by atoms with Crippen LogP contribution >= 0.6 is 0 Å². The molecule has 1 aromatic heterocycles. The number of aromatic nitrogens is 2. The predicted molar refractivity (Wildman–Crippen MR) is 85.2 cm³/mol. The quantitative estimate of drug-likeness (QED) is 0.761. The monoisotopic (exact) mass is 313 g/mol. The number of rotatable bonds is 3. The molecule has 0 bridgehead atoms. The van der Waals surface area contributed by atoms with Crippen LogP contribution in [0.15, 0.2) is 33.9 Å². The number of ether oxygens (including phenoxy) is 1. The number of nitrogens with one attached hydrogen (secondary N) is 3. The maximum Gasteiger partial charge on any atom is 0.327 e.